The van der Waals surface area contributed by atoms with E-state index < -0.39 is 0 Å². The third-order valence-electron chi connectivity index (χ3n) is 3.57. The molecule has 0 saturated heterocycles. The molecule has 0 amide bonds. The normalized spacial score (nSPS) is 10.9. The number of hydrogen-bond acceptors (Lipinski definition) is 4. The Balaban J connectivity index is 2.16. The fourth-order valence-electron chi connectivity index (χ4n) is 2.48. The molecule has 2 aromatic heterocycles. The van der Waals surface area contributed by atoms with Crippen molar-refractivity contribution in [2.24, 2.45) is 0 Å². The van der Waals surface area contributed by atoms with Crippen LogP contribution in [0, 0.1) is 0 Å². The molecule has 0 fully saturated rings. The molecule has 2 heterocycles. The predicted octanol–water partition coefficient (Wildman–Crippen LogP) is 2.51. The van der Waals surface area contributed by atoms with Crippen LogP contribution in [0.1, 0.15) is 13.8 Å². The number of likely N-dealkylation sites (N-methyl/N-ethyl adjacent to an activating group) is 1. The Morgan fingerprint density at radius 1 is 1.35 bits per heavy atom. The maximum Gasteiger partial charge on any atom is 0.263 e. The first-order valence-corrected chi connectivity index (χ1v) is 7.53. The summed E-state index contributed by atoms with van der Waals surface area (Å²) in [6.45, 7) is 9.26. The smallest absolute Gasteiger partial charge is 0.263 e. The van der Waals surface area contributed by atoms with Crippen LogP contribution in [-0.2, 0) is 0 Å². The highest BCUT2D eigenvalue weighted by Gasteiger charge is 2.14. The van der Waals surface area contributed by atoms with Crippen LogP contribution in [0.5, 0.6) is 0 Å². The Morgan fingerprint density at radius 2 is 2.09 bits per heavy atom. The fraction of sp³-hybridized carbons (Fsp3) is 0.235. The van der Waals surface area contributed by atoms with Gasteiger partial charge in [0.2, 0.25) is 5.95 Å². The molecule has 1 N–H and O–H groups in total. The van der Waals surface area contributed by atoms with Gasteiger partial charge in [-0.2, -0.15) is 10.1 Å². The van der Waals surface area contributed by atoms with Gasteiger partial charge >= 0.3 is 0 Å². The number of nitrogens with zero attached hydrogens (tertiary/aromatic N) is 4. The number of aromatic amines is 1. The van der Waals surface area contributed by atoms with Crippen LogP contribution < -0.4 is 10.5 Å². The average molecular weight is 309 g/mol. The number of fused-ring (bicyclic) bond motifs is 1. The summed E-state index contributed by atoms with van der Waals surface area (Å²) in [7, 11) is 0. The van der Waals surface area contributed by atoms with Crippen LogP contribution in [0.2, 0.25) is 0 Å². The molecule has 0 aliphatic carbocycles. The Morgan fingerprint density at radius 3 is 2.74 bits per heavy atom. The molecular formula is C17H19N5O. The first-order valence-electron chi connectivity index (χ1n) is 7.53. The summed E-state index contributed by atoms with van der Waals surface area (Å²) >= 11 is 0. The van der Waals surface area contributed by atoms with Crippen molar-refractivity contribution in [3.63, 3.8) is 0 Å². The third kappa shape index (κ3) is 2.88. The van der Waals surface area contributed by atoms with Crippen molar-refractivity contribution in [3.05, 3.63) is 59.0 Å². The standard InChI is InChI=1S/C17H19N5O/c1-4-21(11-12(2)3)17-19-15-14(16(23)20-17)10-18-22(15)13-8-6-5-7-9-13/h5-10H,2,4,11H2,1,3H3,(H,19,20,23). The minimum absolute atomic E-state index is 0.188. The summed E-state index contributed by atoms with van der Waals surface area (Å²) in [4.78, 5) is 21.8. The van der Waals surface area contributed by atoms with Gasteiger partial charge in [0.1, 0.15) is 5.39 Å². The van der Waals surface area contributed by atoms with Gasteiger partial charge in [0.05, 0.1) is 11.9 Å². The lowest BCUT2D eigenvalue weighted by molar-refractivity contribution is 0.826. The summed E-state index contributed by atoms with van der Waals surface area (Å²) in [5, 5.41) is 4.79. The number of nitrogens with one attached hydrogen (secondary N) is 1. The Labute approximate surface area is 134 Å². The van der Waals surface area contributed by atoms with Gasteiger partial charge in [-0.05, 0) is 26.0 Å². The summed E-state index contributed by atoms with van der Waals surface area (Å²) in [6.07, 6.45) is 1.55. The number of benzene rings is 1. The van der Waals surface area contributed by atoms with E-state index in [0.29, 0.717) is 23.5 Å². The van der Waals surface area contributed by atoms with Crippen LogP contribution in [-0.4, -0.2) is 32.8 Å². The van der Waals surface area contributed by atoms with Gasteiger partial charge in [-0.1, -0.05) is 30.4 Å². The molecule has 0 spiro atoms. The quantitative estimate of drug-likeness (QED) is 0.735. The van der Waals surface area contributed by atoms with Crippen LogP contribution in [0.15, 0.2) is 53.5 Å². The van der Waals surface area contributed by atoms with E-state index in [2.05, 4.69) is 21.6 Å². The molecule has 118 valence electrons. The molecule has 3 rings (SSSR count). The van der Waals surface area contributed by atoms with Crippen LogP contribution in [0.25, 0.3) is 16.7 Å². The van der Waals surface area contributed by atoms with Crippen molar-refractivity contribution in [1.82, 2.24) is 19.7 Å². The SMILES string of the molecule is C=C(C)CN(CC)c1nc2c(cnn2-c2ccccc2)c(=O)[nH]1. The van der Waals surface area contributed by atoms with Gasteiger partial charge in [0, 0.05) is 13.1 Å². The van der Waals surface area contributed by atoms with Gasteiger partial charge in [0.25, 0.3) is 5.56 Å². The van der Waals surface area contributed by atoms with Gasteiger partial charge in [-0.15, -0.1) is 0 Å². The molecule has 0 bridgehead atoms. The molecule has 23 heavy (non-hydrogen) atoms. The number of H-pyrrole nitrogens is 1. The lowest BCUT2D eigenvalue weighted by Crippen LogP contribution is -2.28. The fourth-order valence-corrected chi connectivity index (χ4v) is 2.48. The number of para-hydroxylation sites is 1. The van der Waals surface area contributed by atoms with E-state index in [1.54, 1.807) is 10.9 Å². The van der Waals surface area contributed by atoms with E-state index in [1.165, 1.54) is 0 Å². The minimum atomic E-state index is -0.188. The van der Waals surface area contributed by atoms with Gasteiger partial charge in [0.15, 0.2) is 5.65 Å². The van der Waals surface area contributed by atoms with E-state index in [-0.39, 0.29) is 5.56 Å². The highest BCUT2D eigenvalue weighted by Crippen LogP contribution is 2.16. The van der Waals surface area contributed by atoms with Crippen molar-refractivity contribution in [2.45, 2.75) is 13.8 Å². The molecule has 1 aromatic carbocycles. The highest BCUT2D eigenvalue weighted by molar-refractivity contribution is 5.76. The van der Waals surface area contributed by atoms with Crippen LogP contribution in [0.3, 0.4) is 0 Å². The highest BCUT2D eigenvalue weighted by atomic mass is 16.1. The first-order chi connectivity index (χ1) is 11.1. The topological polar surface area (TPSA) is 66.8 Å². The molecule has 0 aliphatic rings. The molecule has 0 unspecified atom stereocenters. The number of aromatic nitrogens is 4. The third-order valence-corrected chi connectivity index (χ3v) is 3.57. The van der Waals surface area contributed by atoms with Crippen LogP contribution in [0.4, 0.5) is 5.95 Å². The zero-order valence-corrected chi connectivity index (χ0v) is 13.3. The lowest BCUT2D eigenvalue weighted by atomic mass is 10.3. The van der Waals surface area contributed by atoms with E-state index in [0.717, 1.165) is 17.8 Å². The van der Waals surface area contributed by atoms with Crippen LogP contribution >= 0.6 is 0 Å². The second-order valence-electron chi connectivity index (χ2n) is 5.49. The molecule has 0 atom stereocenters. The molecule has 3 aromatic rings. The van der Waals surface area contributed by atoms with Crippen molar-refractivity contribution >= 4 is 17.0 Å². The monoisotopic (exact) mass is 309 g/mol. The van der Waals surface area contributed by atoms with Crippen molar-refractivity contribution < 1.29 is 0 Å². The Bertz CT molecular complexity index is 894. The average Bonchev–Trinajstić information content (AvgIpc) is 2.97. The van der Waals surface area contributed by atoms with Crippen molar-refractivity contribution in [3.8, 4) is 5.69 Å². The molecule has 6 nitrogen and oxygen atoms in total. The maximum atomic E-state index is 12.4. The van der Waals surface area contributed by atoms with Crippen molar-refractivity contribution in [2.75, 3.05) is 18.0 Å². The van der Waals surface area contributed by atoms with E-state index in [1.807, 2.05) is 49.1 Å². The Kier molecular flexibility index (Phi) is 3.97. The van der Waals surface area contributed by atoms with Gasteiger partial charge in [-0.25, -0.2) is 4.68 Å². The molecule has 0 aliphatic heterocycles. The zero-order chi connectivity index (χ0) is 16.4. The van der Waals surface area contributed by atoms with E-state index in [4.69, 9.17) is 0 Å². The number of rotatable bonds is 5. The number of hydrogen-bond donors (Lipinski definition) is 1. The van der Waals surface area contributed by atoms with E-state index >= 15 is 0 Å². The second kappa shape index (κ2) is 6.08. The number of anilines is 1. The summed E-state index contributed by atoms with van der Waals surface area (Å²) in [6, 6.07) is 9.65. The minimum Gasteiger partial charge on any atom is -0.339 e. The Hall–Kier alpha value is -2.89. The summed E-state index contributed by atoms with van der Waals surface area (Å²) in [5.74, 6) is 0.533. The van der Waals surface area contributed by atoms with E-state index in [9.17, 15) is 4.79 Å². The first kappa shape index (κ1) is 15.0. The lowest BCUT2D eigenvalue weighted by Gasteiger charge is -2.21. The predicted molar refractivity (Wildman–Crippen MR) is 92.2 cm³/mol. The largest absolute Gasteiger partial charge is 0.339 e. The summed E-state index contributed by atoms with van der Waals surface area (Å²) in [5.41, 5.74) is 2.24. The molecular weight excluding hydrogens is 290 g/mol. The van der Waals surface area contributed by atoms with Gasteiger partial charge in [-0.3, -0.25) is 9.78 Å². The zero-order valence-electron chi connectivity index (χ0n) is 13.3. The molecule has 0 radical (unpaired) electrons. The second-order valence-corrected chi connectivity index (χ2v) is 5.49. The maximum absolute atomic E-state index is 12.4. The molecule has 0 saturated carbocycles. The summed E-state index contributed by atoms with van der Waals surface area (Å²) < 4.78 is 1.68. The molecule has 6 heteroatoms. The van der Waals surface area contributed by atoms with Crippen molar-refractivity contribution in [1.29, 1.82) is 0 Å². The van der Waals surface area contributed by atoms with Gasteiger partial charge < -0.3 is 4.90 Å².